The minimum absolute atomic E-state index is 0.00926. The topological polar surface area (TPSA) is 32.3 Å². The quantitative estimate of drug-likeness (QED) is 0.822. The number of nitrogens with one attached hydrogen (secondary N) is 1. The Hall–Kier alpha value is -1.06. The maximum absolute atomic E-state index is 11.9. The van der Waals surface area contributed by atoms with Crippen molar-refractivity contribution < 1.29 is 4.79 Å². The number of amides is 1. The van der Waals surface area contributed by atoms with Crippen LogP contribution < -0.4 is 5.32 Å². The molecule has 1 amide bonds. The number of benzene rings is 1. The highest BCUT2D eigenvalue weighted by Gasteiger charge is 2.10. The predicted molar refractivity (Wildman–Crippen MR) is 77.1 cm³/mol. The second-order valence-electron chi connectivity index (χ2n) is 4.30. The summed E-state index contributed by atoms with van der Waals surface area (Å²) in [7, 11) is 0. The van der Waals surface area contributed by atoms with E-state index < -0.39 is 0 Å². The summed E-state index contributed by atoms with van der Waals surface area (Å²) >= 11 is 6.00. The first-order chi connectivity index (χ1) is 8.67. The molecule has 0 saturated carbocycles. The number of hydrogen-bond acceptors (Lipinski definition) is 2. The number of rotatable bonds is 7. The molecule has 0 aliphatic heterocycles. The lowest BCUT2D eigenvalue weighted by atomic mass is 10.3. The van der Waals surface area contributed by atoms with Crippen molar-refractivity contribution in [3.8, 4) is 0 Å². The molecule has 3 nitrogen and oxygen atoms in total. The highest BCUT2D eigenvalue weighted by atomic mass is 35.5. The molecule has 1 N–H and O–H groups in total. The van der Waals surface area contributed by atoms with Crippen molar-refractivity contribution >= 4 is 23.2 Å². The number of hydrogen-bond donors (Lipinski definition) is 1. The van der Waals surface area contributed by atoms with Crippen LogP contribution in [0.1, 0.15) is 26.7 Å². The lowest BCUT2D eigenvalue weighted by Crippen LogP contribution is -2.34. The molecule has 0 fully saturated rings. The minimum atomic E-state index is -0.00926. The standard InChI is InChI=1S/C14H21ClN2O/c1-3-9-17(10-4-2)11-14(18)16-13-8-6-5-7-12(13)15/h5-8H,3-4,9-11H2,1-2H3,(H,16,18). The minimum Gasteiger partial charge on any atom is -0.324 e. The molecule has 0 aliphatic carbocycles. The van der Waals surface area contributed by atoms with Gasteiger partial charge in [-0.15, -0.1) is 0 Å². The molecule has 0 unspecified atom stereocenters. The number of carbonyl (C=O) groups is 1. The first-order valence-electron chi connectivity index (χ1n) is 6.44. The molecular formula is C14H21ClN2O. The summed E-state index contributed by atoms with van der Waals surface area (Å²) in [5.41, 5.74) is 0.678. The summed E-state index contributed by atoms with van der Waals surface area (Å²) in [6.07, 6.45) is 2.11. The van der Waals surface area contributed by atoms with E-state index in [9.17, 15) is 4.79 Å². The number of nitrogens with zero attached hydrogens (tertiary/aromatic N) is 1. The fourth-order valence-electron chi connectivity index (χ4n) is 1.86. The van der Waals surface area contributed by atoms with Gasteiger partial charge in [0.2, 0.25) is 5.91 Å². The van der Waals surface area contributed by atoms with E-state index in [1.807, 2.05) is 18.2 Å². The van der Waals surface area contributed by atoms with Crippen molar-refractivity contribution in [3.63, 3.8) is 0 Å². The second-order valence-corrected chi connectivity index (χ2v) is 4.71. The second kappa shape index (κ2) is 8.11. The monoisotopic (exact) mass is 268 g/mol. The third kappa shape index (κ3) is 5.07. The Morgan fingerprint density at radius 1 is 1.22 bits per heavy atom. The van der Waals surface area contributed by atoms with E-state index in [1.54, 1.807) is 6.07 Å². The summed E-state index contributed by atoms with van der Waals surface area (Å²) in [6.45, 7) is 6.56. The average Bonchev–Trinajstić information content (AvgIpc) is 2.33. The Kier molecular flexibility index (Phi) is 6.76. The first-order valence-corrected chi connectivity index (χ1v) is 6.81. The van der Waals surface area contributed by atoms with Crippen LogP contribution in [0.15, 0.2) is 24.3 Å². The molecule has 1 rings (SSSR count). The highest BCUT2D eigenvalue weighted by Crippen LogP contribution is 2.20. The molecule has 18 heavy (non-hydrogen) atoms. The largest absolute Gasteiger partial charge is 0.324 e. The van der Waals surface area contributed by atoms with Gasteiger partial charge < -0.3 is 5.32 Å². The van der Waals surface area contributed by atoms with Crippen molar-refractivity contribution in [2.45, 2.75) is 26.7 Å². The van der Waals surface area contributed by atoms with Gasteiger partial charge in [0.25, 0.3) is 0 Å². The summed E-state index contributed by atoms with van der Waals surface area (Å²) in [6, 6.07) is 7.28. The SMILES string of the molecule is CCCN(CCC)CC(=O)Nc1ccccc1Cl. The molecule has 0 radical (unpaired) electrons. The molecule has 4 heteroatoms. The third-order valence-corrected chi connectivity index (χ3v) is 2.92. The predicted octanol–water partition coefficient (Wildman–Crippen LogP) is 3.40. The van der Waals surface area contributed by atoms with Gasteiger partial charge in [-0.05, 0) is 38.1 Å². The zero-order valence-corrected chi connectivity index (χ0v) is 11.8. The Bertz CT molecular complexity index is 376. The van der Waals surface area contributed by atoms with Crippen LogP contribution in [0.25, 0.3) is 0 Å². The van der Waals surface area contributed by atoms with E-state index in [2.05, 4.69) is 24.1 Å². The number of para-hydroxylation sites is 1. The molecule has 0 spiro atoms. The van der Waals surface area contributed by atoms with Crippen molar-refractivity contribution in [2.75, 3.05) is 25.0 Å². The van der Waals surface area contributed by atoms with E-state index >= 15 is 0 Å². The number of anilines is 1. The molecule has 0 atom stereocenters. The maximum Gasteiger partial charge on any atom is 0.238 e. The molecule has 0 aromatic heterocycles. The molecule has 100 valence electrons. The van der Waals surface area contributed by atoms with Crippen LogP contribution in [-0.4, -0.2) is 30.4 Å². The molecule has 0 bridgehead atoms. The lowest BCUT2D eigenvalue weighted by Gasteiger charge is -2.20. The van der Waals surface area contributed by atoms with Gasteiger partial charge in [0.15, 0.2) is 0 Å². The van der Waals surface area contributed by atoms with Gasteiger partial charge in [-0.2, -0.15) is 0 Å². The van der Waals surface area contributed by atoms with Gasteiger partial charge >= 0.3 is 0 Å². The fraction of sp³-hybridized carbons (Fsp3) is 0.500. The summed E-state index contributed by atoms with van der Waals surface area (Å²) in [5, 5.41) is 3.42. The third-order valence-electron chi connectivity index (χ3n) is 2.59. The Balaban J connectivity index is 2.52. The van der Waals surface area contributed by atoms with Crippen molar-refractivity contribution in [1.82, 2.24) is 4.90 Å². The number of carbonyl (C=O) groups excluding carboxylic acids is 1. The fourth-order valence-corrected chi connectivity index (χ4v) is 2.04. The Morgan fingerprint density at radius 2 is 1.83 bits per heavy atom. The van der Waals surface area contributed by atoms with Crippen LogP contribution in [0, 0.1) is 0 Å². The molecule has 0 heterocycles. The van der Waals surface area contributed by atoms with Crippen LogP contribution in [-0.2, 0) is 4.79 Å². The molecular weight excluding hydrogens is 248 g/mol. The smallest absolute Gasteiger partial charge is 0.238 e. The Morgan fingerprint density at radius 3 is 2.39 bits per heavy atom. The van der Waals surface area contributed by atoms with Crippen molar-refractivity contribution in [1.29, 1.82) is 0 Å². The van der Waals surface area contributed by atoms with Gasteiger partial charge in [-0.3, -0.25) is 9.69 Å². The van der Waals surface area contributed by atoms with Gasteiger partial charge in [0.05, 0.1) is 17.3 Å². The molecule has 0 saturated heterocycles. The molecule has 0 aliphatic rings. The highest BCUT2D eigenvalue weighted by molar-refractivity contribution is 6.33. The van der Waals surface area contributed by atoms with E-state index in [0.717, 1.165) is 25.9 Å². The van der Waals surface area contributed by atoms with E-state index in [-0.39, 0.29) is 5.91 Å². The normalized spacial score (nSPS) is 10.7. The van der Waals surface area contributed by atoms with Crippen LogP contribution in [0.4, 0.5) is 5.69 Å². The zero-order valence-electron chi connectivity index (χ0n) is 11.1. The van der Waals surface area contributed by atoms with Crippen LogP contribution in [0.5, 0.6) is 0 Å². The Labute approximate surface area is 114 Å². The number of halogens is 1. The van der Waals surface area contributed by atoms with Gasteiger partial charge in [-0.1, -0.05) is 37.6 Å². The van der Waals surface area contributed by atoms with Crippen LogP contribution in [0.3, 0.4) is 0 Å². The van der Waals surface area contributed by atoms with Gasteiger partial charge in [0, 0.05) is 0 Å². The maximum atomic E-state index is 11.9. The summed E-state index contributed by atoms with van der Waals surface area (Å²) < 4.78 is 0. The lowest BCUT2D eigenvalue weighted by molar-refractivity contribution is -0.117. The van der Waals surface area contributed by atoms with Crippen LogP contribution in [0.2, 0.25) is 5.02 Å². The van der Waals surface area contributed by atoms with Crippen LogP contribution >= 0.6 is 11.6 Å². The van der Waals surface area contributed by atoms with Crippen molar-refractivity contribution in [2.24, 2.45) is 0 Å². The molecule has 1 aromatic carbocycles. The van der Waals surface area contributed by atoms with E-state index in [4.69, 9.17) is 11.6 Å². The average molecular weight is 269 g/mol. The van der Waals surface area contributed by atoms with Crippen molar-refractivity contribution in [3.05, 3.63) is 29.3 Å². The van der Waals surface area contributed by atoms with E-state index in [0.29, 0.717) is 17.3 Å². The first kappa shape index (κ1) is 15.0. The zero-order chi connectivity index (χ0) is 13.4. The van der Waals surface area contributed by atoms with E-state index in [1.165, 1.54) is 0 Å². The molecule has 1 aromatic rings. The van der Waals surface area contributed by atoms with Gasteiger partial charge in [0.1, 0.15) is 0 Å². The summed E-state index contributed by atoms with van der Waals surface area (Å²) in [4.78, 5) is 14.1. The van der Waals surface area contributed by atoms with Gasteiger partial charge in [-0.25, -0.2) is 0 Å². The summed E-state index contributed by atoms with van der Waals surface area (Å²) in [5.74, 6) is -0.00926.